The Morgan fingerprint density at radius 1 is 0.517 bits per heavy atom. The van der Waals surface area contributed by atoms with E-state index in [1.54, 1.807) is 0 Å². The van der Waals surface area contributed by atoms with Crippen molar-refractivity contribution in [2.45, 2.75) is 204 Å². The second kappa shape index (κ2) is 36.1. The maximum absolute atomic E-state index is 12.8. The number of phosphoric acid groups is 1. The molecule has 0 aromatic heterocycles. The highest BCUT2D eigenvalue weighted by atomic mass is 31.2. The molecule has 0 aliphatic heterocycles. The summed E-state index contributed by atoms with van der Waals surface area (Å²) in [5.74, 6) is -1.18. The number of phosphoric ester groups is 1. The summed E-state index contributed by atoms with van der Waals surface area (Å²) in [5.41, 5.74) is 0. The zero-order valence-electron chi connectivity index (χ0n) is 36.5. The maximum Gasteiger partial charge on any atom is 0.472 e. The molecule has 1 rings (SSSR count). The van der Waals surface area contributed by atoms with Gasteiger partial charge in [-0.05, 0) is 77.0 Å². The van der Waals surface area contributed by atoms with Gasteiger partial charge in [0.2, 0.25) is 0 Å². The van der Waals surface area contributed by atoms with Crippen LogP contribution in [0.5, 0.6) is 0 Å². The van der Waals surface area contributed by atoms with Gasteiger partial charge < -0.3 is 39.9 Å². The molecule has 0 bridgehead atoms. The third-order valence-electron chi connectivity index (χ3n) is 10.1. The van der Waals surface area contributed by atoms with E-state index in [1.165, 1.54) is 51.4 Å². The summed E-state index contributed by atoms with van der Waals surface area (Å²) >= 11 is 0. The molecule has 8 atom stereocenters. The molecule has 1 aliphatic carbocycles. The van der Waals surface area contributed by atoms with Gasteiger partial charge in [0.25, 0.3) is 0 Å². The van der Waals surface area contributed by atoms with Crippen LogP contribution in [-0.4, -0.2) is 98.3 Å². The fourth-order valence-electron chi connectivity index (χ4n) is 6.39. The smallest absolute Gasteiger partial charge is 0.462 e. The lowest BCUT2D eigenvalue weighted by Crippen LogP contribution is -2.64. The number of ether oxygens (including phenoxy) is 2. The largest absolute Gasteiger partial charge is 0.472 e. The summed E-state index contributed by atoms with van der Waals surface area (Å²) < 4.78 is 33.4. The summed E-state index contributed by atoms with van der Waals surface area (Å²) in [6, 6.07) is 0. The van der Waals surface area contributed by atoms with Gasteiger partial charge in [-0.25, -0.2) is 4.57 Å². The molecule has 0 aromatic rings. The molecule has 1 aliphatic rings. The van der Waals surface area contributed by atoms with Crippen LogP contribution in [0.4, 0.5) is 0 Å². The summed E-state index contributed by atoms with van der Waals surface area (Å²) in [6.45, 7) is 3.19. The Morgan fingerprint density at radius 3 is 1.47 bits per heavy atom. The molecule has 1 saturated carbocycles. The molecule has 6 N–H and O–H groups in total. The molecule has 0 amide bonds. The van der Waals surface area contributed by atoms with Gasteiger partial charge in [-0.3, -0.25) is 18.6 Å². The van der Waals surface area contributed by atoms with E-state index in [1.807, 2.05) is 12.2 Å². The lowest BCUT2D eigenvalue weighted by Gasteiger charge is -2.41. The minimum Gasteiger partial charge on any atom is -0.462 e. The van der Waals surface area contributed by atoms with E-state index in [2.05, 4.69) is 62.5 Å². The number of esters is 2. The van der Waals surface area contributed by atoms with Gasteiger partial charge in [0.1, 0.15) is 43.2 Å². The quantitative estimate of drug-likeness (QED) is 0.0151. The molecular formula is C46H79O13P. The molecule has 0 saturated heterocycles. The Kier molecular flexibility index (Phi) is 33.4. The van der Waals surface area contributed by atoms with Crippen LogP contribution in [-0.2, 0) is 32.7 Å². The lowest BCUT2D eigenvalue weighted by molar-refractivity contribution is -0.220. The van der Waals surface area contributed by atoms with Crippen molar-refractivity contribution in [3.05, 3.63) is 60.8 Å². The Balaban J connectivity index is 2.53. The standard InChI is InChI=1S/C46H79O13P/c1-3-5-7-9-11-13-15-17-19-20-21-23-25-27-29-31-33-35-40(48)58-38(37-57-60(54,55)59-46-44(52)42(50)41(49)43(51)45(46)53)36-56-39(47)34-32-30-28-26-24-22-18-16-14-12-10-8-6-4-2/h11,13,16-19,21,23,27,29,38,41-46,49-53H,3-10,12,14-15,20,22,24-26,28,30-37H2,1-2H3,(H,54,55)/b13-11-,18-16-,19-17-,23-21-,29-27-/t38-,41?,42-,43?,44?,45?,46?/m1/s1. The number of carbonyl (C=O) groups is 2. The van der Waals surface area contributed by atoms with Gasteiger partial charge in [-0.1, -0.05) is 132 Å². The van der Waals surface area contributed by atoms with Crippen LogP contribution in [0.1, 0.15) is 162 Å². The second-order valence-corrected chi connectivity index (χ2v) is 16.9. The SMILES string of the molecule is CCCCC/C=C\C/C=C\C/C=C\C/C=C\CCCC(=O)O[C@H](COC(=O)CCCCCCC/C=C\CCCCCCC)COP(=O)(O)OC1C(O)C(O)C(O)[C@@H](O)C1O. The average Bonchev–Trinajstić information content (AvgIpc) is 3.23. The molecule has 0 radical (unpaired) electrons. The minimum absolute atomic E-state index is 0.0170. The fraction of sp³-hybridized carbons (Fsp3) is 0.739. The highest BCUT2D eigenvalue weighted by Gasteiger charge is 2.51. The highest BCUT2D eigenvalue weighted by molar-refractivity contribution is 7.47. The van der Waals surface area contributed by atoms with Crippen molar-refractivity contribution in [2.75, 3.05) is 13.2 Å². The van der Waals surface area contributed by atoms with E-state index in [0.717, 1.165) is 64.2 Å². The summed E-state index contributed by atoms with van der Waals surface area (Å²) in [6.07, 6.45) is 30.0. The lowest BCUT2D eigenvalue weighted by atomic mass is 9.85. The first-order valence-electron chi connectivity index (χ1n) is 22.6. The number of allylic oxidation sites excluding steroid dienone is 10. The summed E-state index contributed by atoms with van der Waals surface area (Å²) in [7, 11) is -5.13. The first-order valence-corrected chi connectivity index (χ1v) is 24.1. The van der Waals surface area contributed by atoms with Gasteiger partial charge in [-0.15, -0.1) is 0 Å². The van der Waals surface area contributed by atoms with E-state index in [0.29, 0.717) is 19.3 Å². The van der Waals surface area contributed by atoms with Crippen LogP contribution in [0.3, 0.4) is 0 Å². The number of hydrogen-bond acceptors (Lipinski definition) is 12. The van der Waals surface area contributed by atoms with Crippen LogP contribution < -0.4 is 0 Å². The number of carbonyl (C=O) groups excluding carboxylic acids is 2. The number of aliphatic hydroxyl groups is 5. The first kappa shape index (κ1) is 55.6. The molecule has 0 heterocycles. The normalized spacial score (nSPS) is 22.7. The van der Waals surface area contributed by atoms with Crippen LogP contribution >= 0.6 is 7.82 Å². The Bertz CT molecular complexity index is 1280. The van der Waals surface area contributed by atoms with E-state index in [9.17, 15) is 44.6 Å². The third-order valence-corrected chi connectivity index (χ3v) is 11.1. The monoisotopic (exact) mass is 871 g/mol. The van der Waals surface area contributed by atoms with Crippen molar-refractivity contribution in [3.63, 3.8) is 0 Å². The second-order valence-electron chi connectivity index (χ2n) is 15.5. The van der Waals surface area contributed by atoms with Crippen LogP contribution in [0.15, 0.2) is 60.8 Å². The predicted molar refractivity (Wildman–Crippen MR) is 235 cm³/mol. The zero-order chi connectivity index (χ0) is 44.3. The van der Waals surface area contributed by atoms with Crippen LogP contribution in [0.2, 0.25) is 0 Å². The number of aliphatic hydroxyl groups excluding tert-OH is 5. The first-order chi connectivity index (χ1) is 28.9. The molecule has 1 fully saturated rings. The number of unbranched alkanes of at least 4 members (excludes halogenated alkanes) is 14. The van der Waals surface area contributed by atoms with Crippen molar-refractivity contribution in [2.24, 2.45) is 0 Å². The van der Waals surface area contributed by atoms with Gasteiger partial charge in [-0.2, -0.15) is 0 Å². The van der Waals surface area contributed by atoms with Crippen LogP contribution in [0.25, 0.3) is 0 Å². The number of rotatable bonds is 36. The molecule has 346 valence electrons. The van der Waals surface area contributed by atoms with Gasteiger partial charge in [0, 0.05) is 12.8 Å². The summed E-state index contributed by atoms with van der Waals surface area (Å²) in [5, 5.41) is 50.1. The van der Waals surface area contributed by atoms with Crippen molar-refractivity contribution in [1.82, 2.24) is 0 Å². The fourth-order valence-corrected chi connectivity index (χ4v) is 7.36. The Hall–Kier alpha value is -2.45. The van der Waals surface area contributed by atoms with Crippen molar-refractivity contribution < 1.29 is 63.1 Å². The molecule has 60 heavy (non-hydrogen) atoms. The molecule has 0 spiro atoms. The molecule has 13 nitrogen and oxygen atoms in total. The van der Waals surface area contributed by atoms with Crippen molar-refractivity contribution >= 4 is 19.8 Å². The molecule has 0 aromatic carbocycles. The predicted octanol–water partition coefficient (Wildman–Crippen LogP) is 8.55. The molecule has 14 heteroatoms. The van der Waals surface area contributed by atoms with Gasteiger partial charge in [0.05, 0.1) is 6.61 Å². The third kappa shape index (κ3) is 28.2. The Labute approximate surface area is 360 Å². The van der Waals surface area contributed by atoms with E-state index >= 15 is 0 Å². The van der Waals surface area contributed by atoms with Gasteiger partial charge >= 0.3 is 19.8 Å². The van der Waals surface area contributed by atoms with E-state index in [4.69, 9.17) is 18.5 Å². The summed E-state index contributed by atoms with van der Waals surface area (Å²) in [4.78, 5) is 35.6. The van der Waals surface area contributed by atoms with Crippen LogP contribution in [0, 0.1) is 0 Å². The molecular weight excluding hydrogens is 791 g/mol. The minimum atomic E-state index is -5.13. The zero-order valence-corrected chi connectivity index (χ0v) is 37.4. The van der Waals surface area contributed by atoms with Crippen molar-refractivity contribution in [3.8, 4) is 0 Å². The average molecular weight is 871 g/mol. The topological polar surface area (TPSA) is 210 Å². The number of hydrogen-bond donors (Lipinski definition) is 6. The maximum atomic E-state index is 12.8. The van der Waals surface area contributed by atoms with Gasteiger partial charge in [0.15, 0.2) is 6.10 Å². The highest BCUT2D eigenvalue weighted by Crippen LogP contribution is 2.47. The Morgan fingerprint density at radius 2 is 0.917 bits per heavy atom. The van der Waals surface area contributed by atoms with E-state index in [-0.39, 0.29) is 12.8 Å². The van der Waals surface area contributed by atoms with Crippen molar-refractivity contribution in [1.29, 1.82) is 0 Å². The molecule has 6 unspecified atom stereocenters. The van der Waals surface area contributed by atoms with E-state index < -0.39 is 75.7 Å².